The summed E-state index contributed by atoms with van der Waals surface area (Å²) in [6.07, 6.45) is 0. The molecular formula is C24H26N2O6S2. The number of ether oxygens (including phenoxy) is 3. The molecule has 0 unspecified atom stereocenters. The second kappa shape index (κ2) is 11.2. The molecule has 1 atom stereocenters. The molecule has 0 spiro atoms. The van der Waals surface area contributed by atoms with Gasteiger partial charge in [0.05, 0.1) is 37.2 Å². The Labute approximate surface area is 203 Å². The van der Waals surface area contributed by atoms with Crippen molar-refractivity contribution in [2.75, 3.05) is 31.4 Å². The quantitative estimate of drug-likeness (QED) is 0.390. The van der Waals surface area contributed by atoms with Crippen molar-refractivity contribution in [1.82, 2.24) is 0 Å². The Hall–Kier alpha value is -3.37. The zero-order valence-corrected chi connectivity index (χ0v) is 20.8. The van der Waals surface area contributed by atoms with Gasteiger partial charge in [-0.3, -0.25) is 9.52 Å². The van der Waals surface area contributed by atoms with Crippen molar-refractivity contribution in [1.29, 1.82) is 0 Å². The van der Waals surface area contributed by atoms with Crippen LogP contribution in [0.25, 0.3) is 0 Å². The van der Waals surface area contributed by atoms with Crippen LogP contribution in [0.15, 0.2) is 76.5 Å². The summed E-state index contributed by atoms with van der Waals surface area (Å²) in [5.41, 5.74) is 0.776. The Balaban J connectivity index is 1.65. The number of methoxy groups -OCH3 is 3. The normalized spacial score (nSPS) is 11.9. The number of anilines is 2. The summed E-state index contributed by atoms with van der Waals surface area (Å²) in [6.45, 7) is 1.80. The average Bonchev–Trinajstić information content (AvgIpc) is 2.84. The molecule has 0 radical (unpaired) electrons. The van der Waals surface area contributed by atoms with Gasteiger partial charge in [0, 0.05) is 16.6 Å². The maximum Gasteiger partial charge on any atom is 0.262 e. The summed E-state index contributed by atoms with van der Waals surface area (Å²) in [4.78, 5) is 13.6. The maximum absolute atomic E-state index is 12.8. The van der Waals surface area contributed by atoms with Gasteiger partial charge in [0.25, 0.3) is 10.0 Å². The van der Waals surface area contributed by atoms with E-state index in [1.807, 2.05) is 24.3 Å². The number of carbonyl (C=O) groups is 1. The second-order valence-corrected chi connectivity index (χ2v) is 10.2. The SMILES string of the molecule is COc1ccc(S[C@H](C)C(=O)Nc2ccc(S(=O)(=O)Nc3ccc(OC)cc3OC)cc2)cc1. The molecular weight excluding hydrogens is 476 g/mol. The van der Waals surface area contributed by atoms with Crippen LogP contribution in [-0.2, 0) is 14.8 Å². The van der Waals surface area contributed by atoms with Crippen molar-refractivity contribution >= 4 is 39.1 Å². The van der Waals surface area contributed by atoms with Gasteiger partial charge in [-0.2, -0.15) is 0 Å². The lowest BCUT2D eigenvalue weighted by Crippen LogP contribution is -2.22. The Morgan fingerprint density at radius 2 is 1.47 bits per heavy atom. The molecule has 10 heteroatoms. The molecule has 0 bridgehead atoms. The molecule has 0 heterocycles. The molecule has 0 aliphatic rings. The molecule has 0 saturated carbocycles. The molecule has 0 fully saturated rings. The molecule has 2 N–H and O–H groups in total. The van der Waals surface area contributed by atoms with Crippen LogP contribution in [0.5, 0.6) is 17.2 Å². The summed E-state index contributed by atoms with van der Waals surface area (Å²) < 4.78 is 43.7. The highest BCUT2D eigenvalue weighted by molar-refractivity contribution is 8.00. The lowest BCUT2D eigenvalue weighted by Gasteiger charge is -2.14. The molecule has 3 aromatic rings. The van der Waals surface area contributed by atoms with Gasteiger partial charge in [-0.15, -0.1) is 11.8 Å². The molecule has 3 aromatic carbocycles. The smallest absolute Gasteiger partial charge is 0.262 e. The fraction of sp³-hybridized carbons (Fsp3) is 0.208. The van der Waals surface area contributed by atoms with Crippen LogP contribution in [0.4, 0.5) is 11.4 Å². The third kappa shape index (κ3) is 6.36. The number of benzene rings is 3. The topological polar surface area (TPSA) is 103 Å². The summed E-state index contributed by atoms with van der Waals surface area (Å²) in [5, 5.41) is 2.45. The first-order chi connectivity index (χ1) is 16.2. The first kappa shape index (κ1) is 25.3. The largest absolute Gasteiger partial charge is 0.497 e. The maximum atomic E-state index is 12.8. The second-order valence-electron chi connectivity index (χ2n) is 7.12. The molecule has 0 aliphatic heterocycles. The van der Waals surface area contributed by atoms with Gasteiger partial charge in [-0.25, -0.2) is 8.42 Å². The Kier molecular flexibility index (Phi) is 8.30. The molecule has 0 aliphatic carbocycles. The van der Waals surface area contributed by atoms with Crippen molar-refractivity contribution < 1.29 is 27.4 Å². The first-order valence-electron chi connectivity index (χ1n) is 10.2. The van der Waals surface area contributed by atoms with Gasteiger partial charge >= 0.3 is 0 Å². The predicted molar refractivity (Wildman–Crippen MR) is 134 cm³/mol. The van der Waals surface area contributed by atoms with Gasteiger partial charge in [-0.1, -0.05) is 0 Å². The van der Waals surface area contributed by atoms with E-state index in [1.165, 1.54) is 38.1 Å². The Bertz CT molecular complexity index is 1230. The molecule has 1 amide bonds. The van der Waals surface area contributed by atoms with Gasteiger partial charge in [0.15, 0.2) is 0 Å². The highest BCUT2D eigenvalue weighted by atomic mass is 32.2. The van der Waals surface area contributed by atoms with Crippen molar-refractivity contribution in [3.63, 3.8) is 0 Å². The summed E-state index contributed by atoms with van der Waals surface area (Å²) in [7, 11) is 0.680. The third-order valence-electron chi connectivity index (χ3n) is 4.83. The predicted octanol–water partition coefficient (Wildman–Crippen LogP) is 4.63. The zero-order chi connectivity index (χ0) is 24.7. The van der Waals surface area contributed by atoms with E-state index in [2.05, 4.69) is 10.0 Å². The summed E-state index contributed by atoms with van der Waals surface area (Å²) in [6, 6.07) is 18.2. The minimum absolute atomic E-state index is 0.0454. The van der Waals surface area contributed by atoms with Crippen molar-refractivity contribution in [2.45, 2.75) is 22.0 Å². The minimum Gasteiger partial charge on any atom is -0.497 e. The minimum atomic E-state index is -3.87. The van der Waals surface area contributed by atoms with E-state index in [4.69, 9.17) is 14.2 Å². The van der Waals surface area contributed by atoms with Crippen LogP contribution in [0.1, 0.15) is 6.92 Å². The number of nitrogens with one attached hydrogen (secondary N) is 2. The number of hydrogen-bond acceptors (Lipinski definition) is 7. The van der Waals surface area contributed by atoms with Gasteiger partial charge < -0.3 is 19.5 Å². The number of rotatable bonds is 10. The monoisotopic (exact) mass is 502 g/mol. The zero-order valence-electron chi connectivity index (χ0n) is 19.2. The third-order valence-corrected chi connectivity index (χ3v) is 7.32. The summed E-state index contributed by atoms with van der Waals surface area (Å²) in [5.74, 6) is 1.42. The van der Waals surface area contributed by atoms with Crippen LogP contribution in [0, 0.1) is 0 Å². The highest BCUT2D eigenvalue weighted by Gasteiger charge is 2.18. The van der Waals surface area contributed by atoms with Crippen molar-refractivity contribution in [3.8, 4) is 17.2 Å². The Morgan fingerprint density at radius 3 is 2.06 bits per heavy atom. The van der Waals surface area contributed by atoms with E-state index >= 15 is 0 Å². The van der Waals surface area contributed by atoms with Crippen LogP contribution in [-0.4, -0.2) is 40.9 Å². The highest BCUT2D eigenvalue weighted by Crippen LogP contribution is 2.31. The van der Waals surface area contributed by atoms with E-state index in [9.17, 15) is 13.2 Å². The van der Waals surface area contributed by atoms with Gasteiger partial charge in [-0.05, 0) is 67.6 Å². The van der Waals surface area contributed by atoms with E-state index in [-0.39, 0.29) is 21.7 Å². The summed E-state index contributed by atoms with van der Waals surface area (Å²) >= 11 is 1.41. The first-order valence-corrected chi connectivity index (χ1v) is 12.6. The lowest BCUT2D eigenvalue weighted by atomic mass is 10.3. The van der Waals surface area contributed by atoms with Gasteiger partial charge in [0.1, 0.15) is 17.2 Å². The number of thioether (sulfide) groups is 1. The number of hydrogen-bond donors (Lipinski definition) is 2. The molecule has 180 valence electrons. The average molecular weight is 503 g/mol. The van der Waals surface area contributed by atoms with Gasteiger partial charge in [0.2, 0.25) is 5.91 Å². The Morgan fingerprint density at radius 1 is 0.853 bits per heavy atom. The number of sulfonamides is 1. The van der Waals surface area contributed by atoms with Crippen LogP contribution < -0.4 is 24.2 Å². The van der Waals surface area contributed by atoms with Crippen molar-refractivity contribution in [3.05, 3.63) is 66.7 Å². The molecule has 0 saturated heterocycles. The number of carbonyl (C=O) groups excluding carboxylic acids is 1. The molecule has 8 nitrogen and oxygen atoms in total. The molecule has 34 heavy (non-hydrogen) atoms. The fourth-order valence-electron chi connectivity index (χ4n) is 2.96. The van der Waals surface area contributed by atoms with Crippen LogP contribution >= 0.6 is 11.8 Å². The lowest BCUT2D eigenvalue weighted by molar-refractivity contribution is -0.115. The van der Waals surface area contributed by atoms with Crippen LogP contribution in [0.3, 0.4) is 0 Å². The molecule has 3 rings (SSSR count). The number of amides is 1. The van der Waals surface area contributed by atoms with E-state index in [0.29, 0.717) is 17.2 Å². The van der Waals surface area contributed by atoms with E-state index in [1.54, 1.807) is 44.4 Å². The fourth-order valence-corrected chi connectivity index (χ4v) is 4.90. The van der Waals surface area contributed by atoms with Crippen LogP contribution in [0.2, 0.25) is 0 Å². The van der Waals surface area contributed by atoms with Crippen molar-refractivity contribution in [2.24, 2.45) is 0 Å². The molecule has 0 aromatic heterocycles. The standard InChI is InChI=1S/C24H26N2O6S2/c1-16(33-20-10-7-18(30-2)8-11-20)24(27)25-17-5-12-21(13-6-17)34(28,29)26-22-14-9-19(31-3)15-23(22)32-4/h5-16,26H,1-4H3,(H,25,27)/t16-/m1/s1. The van der Waals surface area contributed by atoms with E-state index < -0.39 is 10.0 Å². The van der Waals surface area contributed by atoms with E-state index in [0.717, 1.165) is 10.6 Å².